The quantitative estimate of drug-likeness (QED) is 0.434. The number of rotatable bonds is 7. The Balaban J connectivity index is 1.57. The topological polar surface area (TPSA) is 144 Å². The number of hydrogen-bond donors (Lipinski definition) is 1. The molecule has 12 heteroatoms. The third-order valence-electron chi connectivity index (χ3n) is 6.12. The third-order valence-corrected chi connectivity index (χ3v) is 7.98. The van der Waals surface area contributed by atoms with Crippen molar-refractivity contribution in [2.45, 2.75) is 49.8 Å². The number of likely N-dealkylation sites (tertiary alicyclic amines) is 1. The number of sulfonamides is 1. The summed E-state index contributed by atoms with van der Waals surface area (Å²) in [5, 5.41) is 14.3. The van der Waals surface area contributed by atoms with Crippen LogP contribution in [-0.4, -0.2) is 66.4 Å². The Morgan fingerprint density at radius 2 is 2.06 bits per heavy atom. The molecule has 1 N–H and O–H groups in total. The first-order valence-electron chi connectivity index (χ1n) is 11.0. The van der Waals surface area contributed by atoms with Crippen LogP contribution in [0, 0.1) is 11.1 Å². The molecule has 0 saturated carbocycles. The predicted molar refractivity (Wildman–Crippen MR) is 118 cm³/mol. The minimum absolute atomic E-state index is 0.0683. The molecular weight excluding hydrogens is 464 g/mol. The van der Waals surface area contributed by atoms with Crippen LogP contribution in [0.2, 0.25) is 0 Å². The molecule has 3 unspecified atom stereocenters. The van der Waals surface area contributed by atoms with Gasteiger partial charge in [0.25, 0.3) is 5.91 Å². The van der Waals surface area contributed by atoms with Gasteiger partial charge in [-0.15, -0.1) is 0 Å². The highest BCUT2D eigenvalue weighted by atomic mass is 32.2. The normalized spacial score (nSPS) is 21.6. The zero-order chi connectivity index (χ0) is 24.6. The molecule has 4 heterocycles. The second-order valence-corrected chi connectivity index (χ2v) is 10.7. The monoisotopic (exact) mass is 490 g/mol. The van der Waals surface area contributed by atoms with Gasteiger partial charge in [0, 0.05) is 18.7 Å². The minimum atomic E-state index is -4.25. The second-order valence-electron chi connectivity index (χ2n) is 8.88. The number of carbonyl (C=O) groups excluding carboxylic acids is 3. The number of Topliss-reactive ketones (excluding diaryl/α,β-unsaturated/α-hetero) is 1. The maximum atomic E-state index is 13.5. The van der Waals surface area contributed by atoms with Crippen LogP contribution in [0.25, 0.3) is 0 Å². The molecule has 0 bridgehead atoms. The van der Waals surface area contributed by atoms with Crippen LogP contribution >= 0.6 is 0 Å². The molecule has 182 valence electrons. The van der Waals surface area contributed by atoms with Crippen molar-refractivity contribution in [1.82, 2.24) is 14.5 Å². The molecule has 11 nitrogen and oxygen atoms in total. The molecule has 0 radical (unpaired) electrons. The molecule has 2 fully saturated rings. The summed E-state index contributed by atoms with van der Waals surface area (Å²) < 4.78 is 32.5. The number of nitrogens with one attached hydrogen (secondary N) is 1. The molecular formula is C22H26N4O7S. The van der Waals surface area contributed by atoms with Gasteiger partial charge in [-0.2, -0.15) is 9.04 Å². The summed E-state index contributed by atoms with van der Waals surface area (Å²) in [6.07, 6.45) is 4.28. The van der Waals surface area contributed by atoms with Crippen molar-refractivity contribution in [2.75, 3.05) is 13.1 Å². The van der Waals surface area contributed by atoms with Crippen LogP contribution in [0.4, 0.5) is 0 Å². The van der Waals surface area contributed by atoms with Crippen LogP contribution in [0.3, 0.4) is 0 Å². The molecule has 0 aromatic carbocycles. The van der Waals surface area contributed by atoms with Crippen molar-refractivity contribution in [2.24, 2.45) is 5.92 Å². The van der Waals surface area contributed by atoms with Crippen molar-refractivity contribution in [3.8, 4) is 0 Å². The molecule has 2 amide bonds. The van der Waals surface area contributed by atoms with Crippen LogP contribution in [0.1, 0.15) is 37.0 Å². The third kappa shape index (κ3) is 4.30. The Hall–Kier alpha value is -3.25. The lowest BCUT2D eigenvalue weighted by Gasteiger charge is -2.29. The van der Waals surface area contributed by atoms with Crippen LogP contribution < -0.4 is 10.0 Å². The zero-order valence-corrected chi connectivity index (χ0v) is 19.6. The average Bonchev–Trinajstić information content (AvgIpc) is 3.51. The number of aromatic nitrogens is 1. The van der Waals surface area contributed by atoms with Gasteiger partial charge >= 0.3 is 15.0 Å². The van der Waals surface area contributed by atoms with Gasteiger partial charge in [-0.3, -0.25) is 14.4 Å². The molecule has 34 heavy (non-hydrogen) atoms. The van der Waals surface area contributed by atoms with Crippen molar-refractivity contribution >= 4 is 27.6 Å². The highest BCUT2D eigenvalue weighted by Gasteiger charge is 2.55. The summed E-state index contributed by atoms with van der Waals surface area (Å²) in [6.45, 7) is 3.55. The number of ketones is 1. The van der Waals surface area contributed by atoms with Crippen LogP contribution in [0.15, 0.2) is 52.4 Å². The smallest absolute Gasteiger partial charge is 0.323 e. The number of carbonyl (C=O) groups is 3. The van der Waals surface area contributed by atoms with E-state index >= 15 is 0 Å². The number of hydrogen-bond acceptors (Lipinski definition) is 7. The summed E-state index contributed by atoms with van der Waals surface area (Å²) >= 11 is 0. The highest BCUT2D eigenvalue weighted by Crippen LogP contribution is 2.34. The first-order chi connectivity index (χ1) is 16.1. The summed E-state index contributed by atoms with van der Waals surface area (Å²) in [5.41, 5.74) is 0.267. The Kier molecular flexibility index (Phi) is 6.45. The number of furan rings is 1. The maximum absolute atomic E-state index is 13.5. The van der Waals surface area contributed by atoms with Crippen LogP contribution in [0.5, 0.6) is 0 Å². The average molecular weight is 491 g/mol. The molecule has 0 aliphatic carbocycles. The van der Waals surface area contributed by atoms with E-state index in [9.17, 15) is 28.0 Å². The van der Waals surface area contributed by atoms with Gasteiger partial charge < -0.3 is 19.8 Å². The number of nitrogens with zero attached hydrogens (tertiary/aromatic N) is 3. The fourth-order valence-electron chi connectivity index (χ4n) is 4.60. The number of fused-ring (bicyclic) bond motifs is 1. The van der Waals surface area contributed by atoms with E-state index in [1.54, 1.807) is 0 Å². The highest BCUT2D eigenvalue weighted by molar-refractivity contribution is 7.89. The van der Waals surface area contributed by atoms with E-state index in [4.69, 9.17) is 4.42 Å². The Morgan fingerprint density at radius 1 is 1.29 bits per heavy atom. The Labute approximate surface area is 197 Å². The van der Waals surface area contributed by atoms with E-state index in [0.717, 1.165) is 10.5 Å². The van der Waals surface area contributed by atoms with Gasteiger partial charge in [-0.25, -0.2) is 8.42 Å². The lowest BCUT2D eigenvalue weighted by atomic mass is 10.0. The molecule has 2 saturated heterocycles. The van der Waals surface area contributed by atoms with E-state index in [0.29, 0.717) is 6.42 Å². The number of pyridine rings is 1. The first kappa shape index (κ1) is 23.9. The molecule has 2 aliphatic heterocycles. The van der Waals surface area contributed by atoms with E-state index in [1.165, 1.54) is 41.7 Å². The summed E-state index contributed by atoms with van der Waals surface area (Å²) in [5.74, 6) is -1.27. The summed E-state index contributed by atoms with van der Waals surface area (Å²) in [6, 6.07) is 2.87. The molecule has 4 rings (SSSR count). The first-order valence-corrected chi connectivity index (χ1v) is 12.4. The molecule has 0 spiro atoms. The van der Waals surface area contributed by atoms with Gasteiger partial charge in [0.1, 0.15) is 18.3 Å². The fourth-order valence-corrected chi connectivity index (χ4v) is 6.25. The number of amides is 2. The van der Waals surface area contributed by atoms with Crippen molar-refractivity contribution in [3.05, 3.63) is 53.8 Å². The largest absolute Gasteiger partial charge is 0.618 e. The summed E-state index contributed by atoms with van der Waals surface area (Å²) in [7, 11) is -4.25. The van der Waals surface area contributed by atoms with Gasteiger partial charge in [-0.1, -0.05) is 13.8 Å². The molecule has 2 aromatic rings. The predicted octanol–water partition coefficient (Wildman–Crippen LogP) is 0.301. The maximum Gasteiger partial charge on any atom is 0.323 e. The van der Waals surface area contributed by atoms with Gasteiger partial charge in [0.2, 0.25) is 5.91 Å². The Bertz CT molecular complexity index is 1200. The fraction of sp³-hybridized carbons (Fsp3) is 0.455. The van der Waals surface area contributed by atoms with Crippen molar-refractivity contribution in [3.63, 3.8) is 0 Å². The molecule has 2 aliphatic rings. The molecule has 2 aromatic heterocycles. The van der Waals surface area contributed by atoms with Gasteiger partial charge in [-0.05, 0) is 30.9 Å². The zero-order valence-electron chi connectivity index (χ0n) is 18.8. The minimum Gasteiger partial charge on any atom is -0.618 e. The SMILES string of the molecule is CC(C)CC(NC(=O)c1ccoc1)C(=O)N1CCC2C1C(=O)CN2S(=O)(=O)c1cccc[n+]1[O-]. The van der Waals surface area contributed by atoms with Gasteiger partial charge in [0.05, 0.1) is 24.4 Å². The Morgan fingerprint density at radius 3 is 2.71 bits per heavy atom. The van der Waals surface area contributed by atoms with E-state index in [1.807, 2.05) is 13.8 Å². The van der Waals surface area contributed by atoms with E-state index < -0.39 is 57.3 Å². The lowest BCUT2D eigenvalue weighted by Crippen LogP contribution is -2.53. The standard InChI is InChI=1S/C22H26N4O7S/c1-14(2)11-16(23-21(28)15-7-10-33-13-15)22(29)24-9-6-17-20(24)18(27)12-26(17)34(31,32)19-5-3-4-8-25(19)30/h3-5,7-8,10,13-14,16-17,20H,6,9,11-12H2,1-2H3,(H,23,28). The van der Waals surface area contributed by atoms with Crippen molar-refractivity contribution in [1.29, 1.82) is 0 Å². The van der Waals surface area contributed by atoms with Gasteiger partial charge in [0.15, 0.2) is 12.0 Å². The second kappa shape index (κ2) is 9.18. The van der Waals surface area contributed by atoms with E-state index in [-0.39, 0.29) is 29.2 Å². The summed E-state index contributed by atoms with van der Waals surface area (Å²) in [4.78, 5) is 40.3. The molecule has 3 atom stereocenters. The van der Waals surface area contributed by atoms with Crippen molar-refractivity contribution < 1.29 is 31.9 Å². The lowest BCUT2D eigenvalue weighted by molar-refractivity contribution is -0.646. The van der Waals surface area contributed by atoms with Crippen LogP contribution in [-0.2, 0) is 19.6 Å². The van der Waals surface area contributed by atoms with E-state index in [2.05, 4.69) is 5.32 Å².